The van der Waals surface area contributed by atoms with Gasteiger partial charge in [0, 0.05) is 24.2 Å². The number of amides is 1. The van der Waals surface area contributed by atoms with Gasteiger partial charge < -0.3 is 14.9 Å². The second kappa shape index (κ2) is 13.1. The van der Waals surface area contributed by atoms with Gasteiger partial charge in [0.2, 0.25) is 0 Å². The number of aliphatic hydroxyl groups is 1. The molecule has 198 valence electrons. The molecule has 1 atom stereocenters. The number of likely N-dealkylation sites (tertiary alicyclic amines) is 1. The van der Waals surface area contributed by atoms with Crippen LogP contribution < -0.4 is 0 Å². The fourth-order valence-electron chi connectivity index (χ4n) is 4.56. The molecule has 1 N–H and O–H groups in total. The molecule has 37 heavy (non-hydrogen) atoms. The largest absolute Gasteiger partial charge is 0.507 e. The Morgan fingerprint density at radius 2 is 1.54 bits per heavy atom. The van der Waals surface area contributed by atoms with Crippen LogP contribution in [-0.2, 0) is 9.59 Å². The highest BCUT2D eigenvalue weighted by molar-refractivity contribution is 6.46. The topological polar surface area (TPSA) is 104 Å². The Morgan fingerprint density at radius 1 is 0.973 bits per heavy atom. The summed E-state index contributed by atoms with van der Waals surface area (Å²) in [6, 6.07) is 9.71. The molecule has 1 aliphatic rings. The third-order valence-corrected chi connectivity index (χ3v) is 6.61. The quantitative estimate of drug-likeness (QED) is 0.126. The molecule has 1 amide bonds. The number of ketones is 1. The minimum absolute atomic E-state index is 0.112. The highest BCUT2D eigenvalue weighted by Crippen LogP contribution is 2.39. The summed E-state index contributed by atoms with van der Waals surface area (Å²) in [5.74, 6) is -2.44. The molecule has 1 heterocycles. The summed E-state index contributed by atoms with van der Waals surface area (Å²) < 4.78 is 13.7. The Hall–Kier alpha value is -3.59. The summed E-state index contributed by atoms with van der Waals surface area (Å²) in [6.07, 6.45) is 4.97. The van der Waals surface area contributed by atoms with E-state index in [9.17, 15) is 29.2 Å². The van der Waals surface area contributed by atoms with E-state index in [1.54, 1.807) is 0 Å². The molecular weight excluding hydrogens is 477 g/mol. The first-order valence-corrected chi connectivity index (χ1v) is 12.8. The van der Waals surface area contributed by atoms with Crippen molar-refractivity contribution < 1.29 is 24.0 Å². The maximum atomic E-state index is 13.7. The van der Waals surface area contributed by atoms with Crippen molar-refractivity contribution in [2.45, 2.75) is 52.0 Å². The van der Waals surface area contributed by atoms with Gasteiger partial charge in [-0.05, 0) is 68.7 Å². The molecule has 3 rings (SSSR count). The van der Waals surface area contributed by atoms with Crippen LogP contribution in [0.5, 0.6) is 0 Å². The van der Waals surface area contributed by atoms with Gasteiger partial charge in [-0.3, -0.25) is 19.7 Å². The predicted octanol–water partition coefficient (Wildman–Crippen LogP) is 5.45. The fourth-order valence-corrected chi connectivity index (χ4v) is 4.56. The predicted molar refractivity (Wildman–Crippen MR) is 139 cm³/mol. The van der Waals surface area contributed by atoms with Gasteiger partial charge in [0.15, 0.2) is 0 Å². The molecule has 1 saturated heterocycles. The molecule has 8 nitrogen and oxygen atoms in total. The molecule has 0 aliphatic carbocycles. The lowest BCUT2D eigenvalue weighted by Gasteiger charge is -2.27. The van der Waals surface area contributed by atoms with Gasteiger partial charge in [0.1, 0.15) is 11.6 Å². The minimum atomic E-state index is -0.893. The Kier molecular flexibility index (Phi) is 9.91. The number of carbonyl (C=O) groups excluding carboxylic acids is 2. The van der Waals surface area contributed by atoms with Gasteiger partial charge in [0.05, 0.1) is 16.5 Å². The SMILES string of the molecule is CCCCN(CCCC)CCCN1C(=O)C(=O)C(=C(O)c2ccc([N+](=O)[O-])cc2)[C@@H]1c1ccc(F)cc1. The van der Waals surface area contributed by atoms with Crippen LogP contribution in [0, 0.1) is 15.9 Å². The second-order valence-electron chi connectivity index (χ2n) is 9.25. The van der Waals surface area contributed by atoms with Gasteiger partial charge in [-0.15, -0.1) is 0 Å². The number of non-ortho nitro benzene ring substituents is 1. The lowest BCUT2D eigenvalue weighted by Crippen LogP contribution is -2.34. The first-order chi connectivity index (χ1) is 17.8. The highest BCUT2D eigenvalue weighted by atomic mass is 19.1. The molecule has 0 bridgehead atoms. The molecule has 1 aliphatic heterocycles. The monoisotopic (exact) mass is 511 g/mol. The lowest BCUT2D eigenvalue weighted by molar-refractivity contribution is -0.384. The smallest absolute Gasteiger partial charge is 0.295 e. The zero-order valence-electron chi connectivity index (χ0n) is 21.4. The van der Waals surface area contributed by atoms with Gasteiger partial charge in [-0.1, -0.05) is 38.8 Å². The first kappa shape index (κ1) is 28.0. The van der Waals surface area contributed by atoms with E-state index in [4.69, 9.17) is 0 Å². The van der Waals surface area contributed by atoms with Gasteiger partial charge in [-0.2, -0.15) is 0 Å². The first-order valence-electron chi connectivity index (χ1n) is 12.8. The van der Waals surface area contributed by atoms with E-state index in [1.165, 1.54) is 53.4 Å². The van der Waals surface area contributed by atoms with E-state index in [0.29, 0.717) is 18.5 Å². The molecule has 0 unspecified atom stereocenters. The van der Waals surface area contributed by atoms with Crippen molar-refractivity contribution in [3.8, 4) is 0 Å². The molecular formula is C28H34FN3O5. The minimum Gasteiger partial charge on any atom is -0.507 e. The van der Waals surface area contributed by atoms with Crippen molar-refractivity contribution in [2.75, 3.05) is 26.2 Å². The zero-order chi connectivity index (χ0) is 26.9. The summed E-state index contributed by atoms with van der Waals surface area (Å²) in [5.41, 5.74) is 0.404. The molecule has 1 fully saturated rings. The molecule has 9 heteroatoms. The van der Waals surface area contributed by atoms with Crippen LogP contribution in [0.25, 0.3) is 5.76 Å². The summed E-state index contributed by atoms with van der Waals surface area (Å²) in [5, 5.41) is 22.1. The van der Waals surface area contributed by atoms with Gasteiger partial charge >= 0.3 is 0 Å². The van der Waals surface area contributed by atoms with Crippen molar-refractivity contribution in [3.05, 3.63) is 81.2 Å². The van der Waals surface area contributed by atoms with Crippen LogP contribution in [0.1, 0.15) is 63.1 Å². The van der Waals surface area contributed by atoms with Crippen LogP contribution in [0.2, 0.25) is 0 Å². The Labute approximate surface area is 216 Å². The standard InChI is InChI=1S/C28H34FN3O5/c1-3-5-16-30(17-6-4-2)18-7-19-31-25(20-8-12-22(29)13-9-20)24(27(34)28(31)35)26(33)21-10-14-23(15-11-21)32(36)37/h8-15,25,33H,3-7,16-19H2,1-2H3/t25-/m0/s1. The van der Waals surface area contributed by atoms with E-state index < -0.39 is 34.2 Å². The fraction of sp³-hybridized carbons (Fsp3) is 0.429. The number of unbranched alkanes of at least 4 members (excludes halogenated alkanes) is 2. The third kappa shape index (κ3) is 6.80. The number of nitro groups is 1. The van der Waals surface area contributed by atoms with E-state index in [0.717, 1.165) is 45.3 Å². The molecule has 2 aromatic carbocycles. The molecule has 0 saturated carbocycles. The number of hydrogen-bond donors (Lipinski definition) is 1. The maximum absolute atomic E-state index is 13.7. The van der Waals surface area contributed by atoms with E-state index in [2.05, 4.69) is 18.7 Å². The third-order valence-electron chi connectivity index (χ3n) is 6.61. The van der Waals surface area contributed by atoms with Gasteiger partial charge in [0.25, 0.3) is 17.4 Å². The highest BCUT2D eigenvalue weighted by Gasteiger charge is 2.45. The summed E-state index contributed by atoms with van der Waals surface area (Å²) >= 11 is 0. The average molecular weight is 512 g/mol. The van der Waals surface area contributed by atoms with E-state index in [1.807, 2.05) is 0 Å². The number of Topliss-reactive ketones (excluding diaryl/α,β-unsaturated/α-hetero) is 1. The second-order valence-corrected chi connectivity index (χ2v) is 9.25. The number of benzene rings is 2. The summed E-state index contributed by atoms with van der Waals surface area (Å²) in [4.78, 5) is 40.5. The Morgan fingerprint density at radius 3 is 2.08 bits per heavy atom. The number of halogens is 1. The maximum Gasteiger partial charge on any atom is 0.295 e. The van der Waals surface area contributed by atoms with E-state index >= 15 is 0 Å². The number of hydrogen-bond acceptors (Lipinski definition) is 6. The number of aliphatic hydroxyl groups excluding tert-OH is 1. The van der Waals surface area contributed by atoms with Crippen molar-refractivity contribution in [2.24, 2.45) is 0 Å². The number of nitro benzene ring substituents is 1. The molecule has 2 aromatic rings. The number of carbonyl (C=O) groups is 2. The van der Waals surface area contributed by atoms with E-state index in [-0.39, 0.29) is 16.8 Å². The number of rotatable bonds is 13. The normalized spacial score (nSPS) is 17.1. The molecule has 0 aromatic heterocycles. The average Bonchev–Trinajstić information content (AvgIpc) is 3.15. The lowest BCUT2D eigenvalue weighted by atomic mass is 9.95. The van der Waals surface area contributed by atoms with Crippen LogP contribution in [-0.4, -0.2) is 57.7 Å². The molecule has 0 radical (unpaired) electrons. The molecule has 0 spiro atoms. The number of nitrogens with zero attached hydrogens (tertiary/aromatic N) is 3. The van der Waals surface area contributed by atoms with Crippen molar-refractivity contribution >= 4 is 23.1 Å². The van der Waals surface area contributed by atoms with Gasteiger partial charge in [-0.25, -0.2) is 4.39 Å². The van der Waals surface area contributed by atoms with Crippen molar-refractivity contribution in [1.29, 1.82) is 0 Å². The Balaban J connectivity index is 1.92. The zero-order valence-corrected chi connectivity index (χ0v) is 21.4. The Bertz CT molecular complexity index is 1120. The van der Waals surface area contributed by atoms with Crippen molar-refractivity contribution in [3.63, 3.8) is 0 Å². The van der Waals surface area contributed by atoms with Crippen molar-refractivity contribution in [1.82, 2.24) is 9.80 Å². The summed E-state index contributed by atoms with van der Waals surface area (Å²) in [7, 11) is 0. The van der Waals surface area contributed by atoms with Crippen LogP contribution >= 0.6 is 0 Å². The summed E-state index contributed by atoms with van der Waals surface area (Å²) in [6.45, 7) is 7.28. The van der Waals surface area contributed by atoms with Crippen LogP contribution in [0.4, 0.5) is 10.1 Å². The van der Waals surface area contributed by atoms with Crippen LogP contribution in [0.15, 0.2) is 54.1 Å². The van der Waals surface area contributed by atoms with Crippen LogP contribution in [0.3, 0.4) is 0 Å².